The summed E-state index contributed by atoms with van der Waals surface area (Å²) in [7, 11) is -1.49. The second kappa shape index (κ2) is 6.95. The molecule has 0 spiro atoms. The van der Waals surface area contributed by atoms with Crippen LogP contribution in [0.5, 0.6) is 0 Å². The molecule has 1 aromatic heterocycles. The first-order chi connectivity index (χ1) is 9.97. The van der Waals surface area contributed by atoms with Gasteiger partial charge in [0.1, 0.15) is 10.3 Å². The van der Waals surface area contributed by atoms with Crippen molar-refractivity contribution in [3.63, 3.8) is 0 Å². The molecule has 4 nitrogen and oxygen atoms in total. The summed E-state index contributed by atoms with van der Waals surface area (Å²) in [5, 5.41) is 9.17. The smallest absolute Gasteiger partial charge is 0.319 e. The zero-order valence-electron chi connectivity index (χ0n) is 11.9. The van der Waals surface area contributed by atoms with Gasteiger partial charge in [-0.1, -0.05) is 30.3 Å². The Kier molecular flexibility index (Phi) is 5.25. The maximum atomic E-state index is 12.4. The number of benzene rings is 1. The first-order valence-corrected chi connectivity index (χ1v) is 8.74. The monoisotopic (exact) mass is 323 g/mol. The molecule has 0 amide bonds. The van der Waals surface area contributed by atoms with Crippen LogP contribution in [0.25, 0.3) is 0 Å². The molecule has 1 heterocycles. The standard InChI is InChI=1S/C15H17NO3S2/c1-10-11(2)20-14(16-10)9-21(19)13(15(17)18)8-12-6-4-3-5-7-12/h3-7,13H,8-9H2,1-2H3,(H,17,18). The lowest BCUT2D eigenvalue weighted by atomic mass is 10.1. The fourth-order valence-corrected chi connectivity index (χ4v) is 4.37. The Hall–Kier alpha value is -1.53. The van der Waals surface area contributed by atoms with Crippen LogP contribution in [0.1, 0.15) is 21.1 Å². The van der Waals surface area contributed by atoms with Crippen LogP contribution in [-0.2, 0) is 27.8 Å². The van der Waals surface area contributed by atoms with Crippen molar-refractivity contribution in [3.8, 4) is 0 Å². The van der Waals surface area contributed by atoms with Gasteiger partial charge in [-0.2, -0.15) is 0 Å². The highest BCUT2D eigenvalue weighted by molar-refractivity contribution is 7.85. The summed E-state index contributed by atoms with van der Waals surface area (Å²) in [6.07, 6.45) is 0.270. The number of rotatable bonds is 6. The molecule has 21 heavy (non-hydrogen) atoms. The van der Waals surface area contributed by atoms with Crippen LogP contribution < -0.4 is 0 Å². The molecule has 0 aliphatic heterocycles. The Labute approximate surface area is 130 Å². The summed E-state index contributed by atoms with van der Waals surface area (Å²) in [5.74, 6) is -0.828. The van der Waals surface area contributed by atoms with Gasteiger partial charge in [0, 0.05) is 15.7 Å². The molecule has 6 heteroatoms. The molecule has 0 bridgehead atoms. The molecule has 0 aliphatic carbocycles. The van der Waals surface area contributed by atoms with Crippen LogP contribution in [0.2, 0.25) is 0 Å². The number of nitrogens with zero attached hydrogens (tertiary/aromatic N) is 1. The van der Waals surface area contributed by atoms with Crippen LogP contribution >= 0.6 is 11.3 Å². The molecule has 0 saturated heterocycles. The minimum absolute atomic E-state index is 0.198. The highest BCUT2D eigenvalue weighted by Crippen LogP contribution is 2.20. The quantitative estimate of drug-likeness (QED) is 0.887. The Bertz CT molecular complexity index is 633. The highest BCUT2D eigenvalue weighted by atomic mass is 32.2. The molecule has 1 aromatic carbocycles. The first kappa shape index (κ1) is 15.9. The van der Waals surface area contributed by atoms with E-state index in [1.165, 1.54) is 11.3 Å². The van der Waals surface area contributed by atoms with Gasteiger partial charge in [0.2, 0.25) is 0 Å². The second-order valence-corrected chi connectivity index (χ2v) is 7.70. The first-order valence-electron chi connectivity index (χ1n) is 6.54. The molecule has 0 saturated carbocycles. The fourth-order valence-electron chi connectivity index (χ4n) is 1.94. The zero-order valence-corrected chi connectivity index (χ0v) is 13.5. The van der Waals surface area contributed by atoms with Crippen molar-refractivity contribution in [1.29, 1.82) is 0 Å². The second-order valence-electron chi connectivity index (χ2n) is 4.79. The molecule has 2 atom stereocenters. The van der Waals surface area contributed by atoms with E-state index >= 15 is 0 Å². The van der Waals surface area contributed by atoms with E-state index in [2.05, 4.69) is 4.98 Å². The van der Waals surface area contributed by atoms with E-state index in [0.717, 1.165) is 21.1 Å². The predicted octanol–water partition coefficient (Wildman–Crippen LogP) is 2.70. The highest BCUT2D eigenvalue weighted by Gasteiger charge is 2.26. The van der Waals surface area contributed by atoms with E-state index in [4.69, 9.17) is 0 Å². The number of aryl methyl sites for hydroxylation is 2. The van der Waals surface area contributed by atoms with E-state index in [-0.39, 0.29) is 12.2 Å². The summed E-state index contributed by atoms with van der Waals surface area (Å²) in [6, 6.07) is 9.28. The number of aromatic nitrogens is 1. The van der Waals surface area contributed by atoms with E-state index in [0.29, 0.717) is 0 Å². The molecule has 0 radical (unpaired) electrons. The number of aliphatic carboxylic acids is 1. The molecule has 2 aromatic rings. The minimum atomic E-state index is -1.49. The third-order valence-electron chi connectivity index (χ3n) is 3.20. The Morgan fingerprint density at radius 1 is 1.33 bits per heavy atom. The van der Waals surface area contributed by atoms with E-state index in [1.54, 1.807) is 0 Å². The third kappa shape index (κ3) is 4.22. The van der Waals surface area contributed by atoms with Gasteiger partial charge in [-0.05, 0) is 25.8 Å². The molecular formula is C15H17NO3S2. The van der Waals surface area contributed by atoms with Crippen LogP contribution in [0, 0.1) is 13.8 Å². The molecule has 1 N–H and O–H groups in total. The van der Waals surface area contributed by atoms with Gasteiger partial charge in [-0.25, -0.2) is 4.98 Å². The number of carboxylic acid groups (broad SMARTS) is 1. The largest absolute Gasteiger partial charge is 0.480 e. The predicted molar refractivity (Wildman–Crippen MR) is 85.0 cm³/mol. The minimum Gasteiger partial charge on any atom is -0.480 e. The van der Waals surface area contributed by atoms with Gasteiger partial charge in [-0.15, -0.1) is 11.3 Å². The van der Waals surface area contributed by atoms with Crippen LogP contribution in [-0.4, -0.2) is 25.5 Å². The molecule has 2 rings (SSSR count). The van der Waals surface area contributed by atoms with Crippen LogP contribution in [0.4, 0.5) is 0 Å². The van der Waals surface area contributed by atoms with Crippen LogP contribution in [0.3, 0.4) is 0 Å². The number of hydrogen-bond donors (Lipinski definition) is 1. The van der Waals surface area contributed by atoms with E-state index in [9.17, 15) is 14.1 Å². The summed E-state index contributed by atoms with van der Waals surface area (Å²) < 4.78 is 12.4. The van der Waals surface area contributed by atoms with Crippen molar-refractivity contribution in [2.75, 3.05) is 0 Å². The van der Waals surface area contributed by atoms with Crippen molar-refractivity contribution in [2.24, 2.45) is 0 Å². The average Bonchev–Trinajstić information content (AvgIpc) is 2.75. The normalized spacial score (nSPS) is 13.8. The number of carbonyl (C=O) groups is 1. The van der Waals surface area contributed by atoms with Crippen LogP contribution in [0.15, 0.2) is 30.3 Å². The Balaban J connectivity index is 2.11. The maximum Gasteiger partial charge on any atom is 0.319 e. The Morgan fingerprint density at radius 2 is 2.00 bits per heavy atom. The van der Waals surface area contributed by atoms with Gasteiger partial charge in [0.15, 0.2) is 0 Å². The van der Waals surface area contributed by atoms with Gasteiger partial charge >= 0.3 is 5.97 Å². The summed E-state index contributed by atoms with van der Waals surface area (Å²) >= 11 is 1.48. The van der Waals surface area contributed by atoms with Gasteiger partial charge < -0.3 is 5.11 Å². The molecule has 112 valence electrons. The lowest BCUT2D eigenvalue weighted by Gasteiger charge is -2.11. The maximum absolute atomic E-state index is 12.4. The van der Waals surface area contributed by atoms with Gasteiger partial charge in [-0.3, -0.25) is 9.00 Å². The third-order valence-corrected chi connectivity index (χ3v) is 6.01. The van der Waals surface area contributed by atoms with Gasteiger partial charge in [0.05, 0.1) is 11.4 Å². The van der Waals surface area contributed by atoms with Crippen molar-refractivity contribution in [1.82, 2.24) is 4.98 Å². The van der Waals surface area contributed by atoms with Crippen molar-refractivity contribution in [3.05, 3.63) is 51.5 Å². The summed E-state index contributed by atoms with van der Waals surface area (Å²) in [6.45, 7) is 3.86. The van der Waals surface area contributed by atoms with Gasteiger partial charge in [0.25, 0.3) is 0 Å². The van der Waals surface area contributed by atoms with E-state index < -0.39 is 22.0 Å². The van der Waals surface area contributed by atoms with Crippen molar-refractivity contribution in [2.45, 2.75) is 31.3 Å². The van der Waals surface area contributed by atoms with E-state index in [1.807, 2.05) is 44.2 Å². The lowest BCUT2D eigenvalue weighted by molar-refractivity contribution is -0.136. The molecular weight excluding hydrogens is 306 g/mol. The average molecular weight is 323 g/mol. The SMILES string of the molecule is Cc1nc(CS(=O)C(Cc2ccccc2)C(=O)O)sc1C. The summed E-state index contributed by atoms with van der Waals surface area (Å²) in [4.78, 5) is 16.8. The number of carboxylic acids is 1. The Morgan fingerprint density at radius 3 is 2.52 bits per heavy atom. The lowest BCUT2D eigenvalue weighted by Crippen LogP contribution is -2.29. The zero-order chi connectivity index (χ0) is 15.4. The summed E-state index contributed by atoms with van der Waals surface area (Å²) in [5.41, 5.74) is 1.80. The van der Waals surface area contributed by atoms with Crippen molar-refractivity contribution < 1.29 is 14.1 Å². The molecule has 0 fully saturated rings. The van der Waals surface area contributed by atoms with Crippen molar-refractivity contribution >= 4 is 28.1 Å². The molecule has 2 unspecified atom stereocenters. The number of thiazole rings is 1. The number of hydrogen-bond acceptors (Lipinski definition) is 4. The fraction of sp³-hybridized carbons (Fsp3) is 0.333. The topological polar surface area (TPSA) is 67.3 Å². The molecule has 0 aliphatic rings.